The summed E-state index contributed by atoms with van der Waals surface area (Å²) in [6, 6.07) is 15.5. The number of nitrogen functional groups attached to an aromatic ring is 1. The average Bonchev–Trinajstić information content (AvgIpc) is 3.00. The summed E-state index contributed by atoms with van der Waals surface area (Å²) in [7, 11) is 0. The first kappa shape index (κ1) is 13.4. The van der Waals surface area contributed by atoms with Crippen molar-refractivity contribution in [3.05, 3.63) is 66.6 Å². The molecule has 4 rings (SSSR count). The monoisotopic (exact) mass is 305 g/mol. The van der Waals surface area contributed by atoms with E-state index in [1.54, 1.807) is 22.8 Å². The van der Waals surface area contributed by atoms with Gasteiger partial charge in [-0.3, -0.25) is 4.98 Å². The van der Waals surface area contributed by atoms with E-state index in [0.29, 0.717) is 23.0 Å². The van der Waals surface area contributed by atoms with Gasteiger partial charge in [0, 0.05) is 6.20 Å². The van der Waals surface area contributed by atoms with Gasteiger partial charge in [-0.15, -0.1) is 5.10 Å². The van der Waals surface area contributed by atoms with Gasteiger partial charge in [0.25, 0.3) is 0 Å². The minimum atomic E-state index is -0.295. The lowest BCUT2D eigenvalue weighted by Gasteiger charge is -2.04. The van der Waals surface area contributed by atoms with Crippen LogP contribution in [-0.4, -0.2) is 19.6 Å². The Morgan fingerprint density at radius 2 is 1.87 bits per heavy atom. The highest BCUT2D eigenvalue weighted by atomic mass is 19.1. The lowest BCUT2D eigenvalue weighted by Crippen LogP contribution is -1.99. The summed E-state index contributed by atoms with van der Waals surface area (Å²) in [5.41, 5.74) is 8.85. The number of rotatable bonds is 2. The molecule has 0 bridgehead atoms. The van der Waals surface area contributed by atoms with Crippen molar-refractivity contribution in [1.82, 2.24) is 19.6 Å². The molecule has 5 nitrogen and oxygen atoms in total. The molecule has 0 saturated heterocycles. The molecule has 0 unspecified atom stereocenters. The third kappa shape index (κ3) is 2.40. The smallest absolute Gasteiger partial charge is 0.200 e. The largest absolute Gasteiger partial charge is 0.384 e. The molecule has 1 aromatic carbocycles. The predicted octanol–water partition coefficient (Wildman–Crippen LogP) is 3.18. The van der Waals surface area contributed by atoms with Gasteiger partial charge < -0.3 is 5.73 Å². The molecule has 3 heterocycles. The van der Waals surface area contributed by atoms with E-state index in [-0.39, 0.29) is 5.82 Å². The lowest BCUT2D eigenvalue weighted by molar-refractivity contribution is 0.628. The number of nitrogens with zero attached hydrogens (tertiary/aromatic N) is 4. The number of benzene rings is 1. The molecule has 3 aromatic heterocycles. The van der Waals surface area contributed by atoms with Crippen LogP contribution in [0.3, 0.4) is 0 Å². The topological polar surface area (TPSA) is 69.1 Å². The predicted molar refractivity (Wildman–Crippen MR) is 86.0 cm³/mol. The van der Waals surface area contributed by atoms with Crippen molar-refractivity contribution >= 4 is 11.5 Å². The highest BCUT2D eigenvalue weighted by molar-refractivity contribution is 5.71. The summed E-state index contributed by atoms with van der Waals surface area (Å²) in [5, 5.41) is 4.38. The fraction of sp³-hybridized carbons (Fsp3) is 0. The van der Waals surface area contributed by atoms with E-state index >= 15 is 0 Å². The second kappa shape index (κ2) is 5.17. The molecule has 2 N–H and O–H groups in total. The highest BCUT2D eigenvalue weighted by Gasteiger charge is 2.11. The number of hydrogen-bond donors (Lipinski definition) is 1. The minimum Gasteiger partial charge on any atom is -0.384 e. The Kier molecular flexibility index (Phi) is 3.01. The molecule has 0 aliphatic heterocycles. The number of pyridine rings is 2. The normalized spacial score (nSPS) is 11.0. The zero-order chi connectivity index (χ0) is 15.8. The Hall–Kier alpha value is -3.28. The van der Waals surface area contributed by atoms with Crippen molar-refractivity contribution in [3.63, 3.8) is 0 Å². The molecule has 6 heteroatoms. The van der Waals surface area contributed by atoms with Crippen LogP contribution in [0.4, 0.5) is 10.2 Å². The molecular weight excluding hydrogens is 293 g/mol. The molecule has 0 radical (unpaired) electrons. The first-order valence-electron chi connectivity index (χ1n) is 7.04. The maximum Gasteiger partial charge on any atom is 0.200 e. The average molecular weight is 305 g/mol. The standard InChI is InChI=1S/C17H12FN5/c18-13-5-3-4-11(8-13)12-9-15(19)23-16(10-12)21-17(22-23)14-6-1-2-7-20-14/h1-10H,19H2. The van der Waals surface area contributed by atoms with Crippen molar-refractivity contribution in [2.75, 3.05) is 5.73 Å². The molecule has 4 aromatic rings. The van der Waals surface area contributed by atoms with Gasteiger partial charge in [-0.2, -0.15) is 4.52 Å². The summed E-state index contributed by atoms with van der Waals surface area (Å²) in [6.45, 7) is 0. The molecule has 23 heavy (non-hydrogen) atoms. The third-order valence-electron chi connectivity index (χ3n) is 3.52. The second-order valence-electron chi connectivity index (χ2n) is 5.10. The summed E-state index contributed by atoms with van der Waals surface area (Å²) < 4.78 is 15.0. The highest BCUT2D eigenvalue weighted by Crippen LogP contribution is 2.25. The van der Waals surface area contributed by atoms with Crippen LogP contribution in [0.1, 0.15) is 0 Å². The molecule has 0 amide bonds. The Morgan fingerprint density at radius 1 is 0.957 bits per heavy atom. The van der Waals surface area contributed by atoms with Crippen LogP contribution in [0.25, 0.3) is 28.3 Å². The second-order valence-corrected chi connectivity index (χ2v) is 5.10. The Morgan fingerprint density at radius 3 is 2.65 bits per heavy atom. The van der Waals surface area contributed by atoms with Gasteiger partial charge >= 0.3 is 0 Å². The Bertz CT molecular complexity index is 994. The summed E-state index contributed by atoms with van der Waals surface area (Å²) in [5.74, 6) is 0.627. The van der Waals surface area contributed by atoms with Crippen LogP contribution in [0.15, 0.2) is 60.8 Å². The SMILES string of the molecule is Nc1cc(-c2cccc(F)c2)cc2nc(-c3ccccn3)nn12. The van der Waals surface area contributed by atoms with Crippen LogP contribution in [0.2, 0.25) is 0 Å². The number of halogens is 1. The molecule has 0 saturated carbocycles. The molecule has 0 fully saturated rings. The number of aromatic nitrogens is 4. The molecular formula is C17H12FN5. The van der Waals surface area contributed by atoms with Crippen LogP contribution in [0.5, 0.6) is 0 Å². The fourth-order valence-electron chi connectivity index (χ4n) is 2.45. The Balaban J connectivity index is 1.88. The zero-order valence-corrected chi connectivity index (χ0v) is 12.0. The third-order valence-corrected chi connectivity index (χ3v) is 3.52. The number of anilines is 1. The zero-order valence-electron chi connectivity index (χ0n) is 12.0. The van der Waals surface area contributed by atoms with Crippen molar-refractivity contribution in [3.8, 4) is 22.6 Å². The van der Waals surface area contributed by atoms with Crippen molar-refractivity contribution in [2.45, 2.75) is 0 Å². The maximum absolute atomic E-state index is 13.4. The number of fused-ring (bicyclic) bond motifs is 1. The van der Waals surface area contributed by atoms with E-state index in [1.165, 1.54) is 12.1 Å². The van der Waals surface area contributed by atoms with Crippen LogP contribution < -0.4 is 5.73 Å². The van der Waals surface area contributed by atoms with Gasteiger partial charge in [0.1, 0.15) is 17.3 Å². The van der Waals surface area contributed by atoms with Gasteiger partial charge in [0.15, 0.2) is 5.65 Å². The van der Waals surface area contributed by atoms with Crippen molar-refractivity contribution in [2.24, 2.45) is 0 Å². The van der Waals surface area contributed by atoms with Gasteiger partial charge in [-0.1, -0.05) is 18.2 Å². The van der Waals surface area contributed by atoms with Crippen LogP contribution in [-0.2, 0) is 0 Å². The molecule has 0 spiro atoms. The van der Waals surface area contributed by atoms with Gasteiger partial charge in [-0.05, 0) is 47.5 Å². The maximum atomic E-state index is 13.4. The summed E-state index contributed by atoms with van der Waals surface area (Å²) in [6.07, 6.45) is 1.68. The molecule has 112 valence electrons. The molecule has 0 atom stereocenters. The summed E-state index contributed by atoms with van der Waals surface area (Å²) in [4.78, 5) is 8.71. The quantitative estimate of drug-likeness (QED) is 0.617. The number of nitrogens with two attached hydrogens (primary N) is 1. The van der Waals surface area contributed by atoms with E-state index in [4.69, 9.17) is 5.73 Å². The van der Waals surface area contributed by atoms with Crippen molar-refractivity contribution < 1.29 is 4.39 Å². The van der Waals surface area contributed by atoms with Gasteiger partial charge in [0.05, 0.1) is 0 Å². The molecule has 0 aliphatic rings. The Labute approximate surface area is 131 Å². The lowest BCUT2D eigenvalue weighted by atomic mass is 10.1. The minimum absolute atomic E-state index is 0.295. The van der Waals surface area contributed by atoms with Crippen LogP contribution in [0, 0.1) is 5.82 Å². The first-order valence-corrected chi connectivity index (χ1v) is 7.04. The van der Waals surface area contributed by atoms with Crippen LogP contribution >= 0.6 is 0 Å². The molecule has 0 aliphatic carbocycles. The van der Waals surface area contributed by atoms with E-state index in [1.807, 2.05) is 30.3 Å². The van der Waals surface area contributed by atoms with Gasteiger partial charge in [0.2, 0.25) is 5.82 Å². The van der Waals surface area contributed by atoms with E-state index in [9.17, 15) is 4.39 Å². The van der Waals surface area contributed by atoms with E-state index in [0.717, 1.165) is 11.1 Å². The van der Waals surface area contributed by atoms with Gasteiger partial charge in [-0.25, -0.2) is 9.37 Å². The number of hydrogen-bond acceptors (Lipinski definition) is 4. The first-order chi connectivity index (χ1) is 11.2. The summed E-state index contributed by atoms with van der Waals surface area (Å²) >= 11 is 0. The van der Waals surface area contributed by atoms with E-state index < -0.39 is 0 Å². The van der Waals surface area contributed by atoms with E-state index in [2.05, 4.69) is 15.1 Å². The van der Waals surface area contributed by atoms with Crippen molar-refractivity contribution in [1.29, 1.82) is 0 Å². The fourth-order valence-corrected chi connectivity index (χ4v) is 2.45.